The molecule has 0 aromatic heterocycles. The Labute approximate surface area is 178 Å². The van der Waals surface area contributed by atoms with E-state index in [0.717, 1.165) is 6.42 Å². The fourth-order valence-corrected chi connectivity index (χ4v) is 4.06. The van der Waals surface area contributed by atoms with Crippen LogP contribution in [0.5, 0.6) is 0 Å². The second-order valence-corrected chi connectivity index (χ2v) is 10.5. The molecule has 4 aromatic carbocycles. The average Bonchev–Trinajstić information content (AvgIpc) is 3.07. The zero-order valence-electron chi connectivity index (χ0n) is 15.0. The first kappa shape index (κ1) is 18.9. The van der Waals surface area contributed by atoms with Crippen molar-refractivity contribution in [3.63, 3.8) is 0 Å². The molecule has 1 aliphatic carbocycles. The molecule has 0 heterocycles. The van der Waals surface area contributed by atoms with Gasteiger partial charge in [-0.25, -0.2) is 0 Å². The van der Waals surface area contributed by atoms with Crippen molar-refractivity contribution in [2.75, 3.05) is 0 Å². The molecule has 0 amide bonds. The Morgan fingerprint density at radius 3 is 2.00 bits per heavy atom. The average molecular weight is 469 g/mol. The summed E-state index contributed by atoms with van der Waals surface area (Å²) in [5.74, 6) is 0. The van der Waals surface area contributed by atoms with Crippen molar-refractivity contribution in [3.8, 4) is 11.1 Å². The Bertz CT molecular complexity index is 1110. The summed E-state index contributed by atoms with van der Waals surface area (Å²) < 4.78 is 0. The fraction of sp³-hybridized carbons (Fsp3) is 0.0833. The minimum absolute atomic E-state index is 0.826. The van der Waals surface area contributed by atoms with E-state index in [1.165, 1.54) is 49.4 Å². The summed E-state index contributed by atoms with van der Waals surface area (Å²) in [5, 5.41) is 5.29. The van der Waals surface area contributed by atoms with E-state index in [1.54, 1.807) is 0 Å². The molecule has 0 bridgehead atoms. The SMILES string of the molecule is CC1=Cc2c(cccc2-c2c3ccccc3cc3ccccc23)C1.[Cl][Zr][Cl]. The number of halogens is 2. The molecule has 0 fully saturated rings. The molecular formula is C24H18Cl2Zr. The third-order valence-electron chi connectivity index (χ3n) is 5.10. The standard InChI is InChI=1S/C24H18.2ClH.Zr/c1-16-13-17-9-6-12-22(23(17)14-16)24-20-10-4-2-7-18(20)15-19-8-3-5-11-21(19)24;;;/h2-12,14-15H,13H2,1H3;2*1H;/q;;;+2/p-2. The van der Waals surface area contributed by atoms with E-state index in [9.17, 15) is 0 Å². The van der Waals surface area contributed by atoms with E-state index in [-0.39, 0.29) is 0 Å². The van der Waals surface area contributed by atoms with Gasteiger partial charge in [0.1, 0.15) is 0 Å². The van der Waals surface area contributed by atoms with Gasteiger partial charge in [-0.2, -0.15) is 0 Å². The second-order valence-electron chi connectivity index (χ2n) is 6.81. The molecule has 0 saturated heterocycles. The Morgan fingerprint density at radius 2 is 1.37 bits per heavy atom. The van der Waals surface area contributed by atoms with Crippen LogP contribution in [0, 0.1) is 0 Å². The van der Waals surface area contributed by atoms with Gasteiger partial charge in [-0.05, 0) is 63.2 Å². The van der Waals surface area contributed by atoms with Gasteiger partial charge in [-0.15, -0.1) is 0 Å². The summed E-state index contributed by atoms with van der Waals surface area (Å²) in [6.07, 6.45) is 3.44. The van der Waals surface area contributed by atoms with Crippen LogP contribution in [0.15, 0.2) is 78.4 Å². The van der Waals surface area contributed by atoms with E-state index in [2.05, 4.69) is 85.8 Å². The molecule has 132 valence electrons. The van der Waals surface area contributed by atoms with Crippen LogP contribution in [-0.4, -0.2) is 0 Å². The number of benzene rings is 4. The molecule has 3 heteroatoms. The molecule has 0 N–H and O–H groups in total. The quantitative estimate of drug-likeness (QED) is 0.248. The fourth-order valence-electron chi connectivity index (χ4n) is 4.06. The van der Waals surface area contributed by atoms with E-state index in [0.29, 0.717) is 0 Å². The van der Waals surface area contributed by atoms with E-state index in [1.807, 2.05) is 0 Å². The van der Waals surface area contributed by atoms with Gasteiger partial charge in [0, 0.05) is 0 Å². The maximum absolute atomic E-state index is 4.93. The van der Waals surface area contributed by atoms with Crippen LogP contribution in [0.2, 0.25) is 0 Å². The molecule has 27 heavy (non-hydrogen) atoms. The third kappa shape index (κ3) is 3.66. The number of rotatable bonds is 1. The van der Waals surface area contributed by atoms with Crippen LogP contribution in [0.25, 0.3) is 38.7 Å². The van der Waals surface area contributed by atoms with Crippen molar-refractivity contribution in [1.29, 1.82) is 0 Å². The van der Waals surface area contributed by atoms with Crippen LogP contribution < -0.4 is 0 Å². The Hall–Kier alpha value is -1.40. The van der Waals surface area contributed by atoms with Crippen molar-refractivity contribution in [3.05, 3.63) is 89.5 Å². The first-order valence-corrected chi connectivity index (χ1v) is 15.2. The van der Waals surface area contributed by atoms with E-state index in [4.69, 9.17) is 17.0 Å². The minimum atomic E-state index is -0.826. The number of allylic oxidation sites excluding steroid dienone is 1. The van der Waals surface area contributed by atoms with Crippen LogP contribution in [0.1, 0.15) is 18.1 Å². The predicted octanol–water partition coefficient (Wildman–Crippen LogP) is 8.00. The molecule has 4 aromatic rings. The van der Waals surface area contributed by atoms with Gasteiger partial charge in [-0.3, -0.25) is 0 Å². The van der Waals surface area contributed by atoms with Crippen LogP contribution in [0.3, 0.4) is 0 Å². The van der Waals surface area contributed by atoms with Crippen molar-refractivity contribution >= 4 is 44.6 Å². The van der Waals surface area contributed by atoms with Crippen LogP contribution in [0.4, 0.5) is 0 Å². The van der Waals surface area contributed by atoms with Crippen LogP contribution in [-0.2, 0) is 27.3 Å². The van der Waals surface area contributed by atoms with Gasteiger partial charge in [-0.1, -0.05) is 78.4 Å². The van der Waals surface area contributed by atoms with Crippen molar-refractivity contribution in [2.24, 2.45) is 0 Å². The summed E-state index contributed by atoms with van der Waals surface area (Å²) in [5.41, 5.74) is 7.02. The second kappa shape index (κ2) is 8.31. The normalized spacial score (nSPS) is 12.3. The Balaban J connectivity index is 0.000000565. The first-order valence-electron chi connectivity index (χ1n) is 8.89. The maximum atomic E-state index is 4.93. The van der Waals surface area contributed by atoms with Gasteiger partial charge >= 0.3 is 37.9 Å². The third-order valence-corrected chi connectivity index (χ3v) is 5.10. The van der Waals surface area contributed by atoms with Crippen molar-refractivity contribution in [2.45, 2.75) is 13.3 Å². The van der Waals surface area contributed by atoms with Gasteiger partial charge in [0.25, 0.3) is 0 Å². The number of hydrogen-bond donors (Lipinski definition) is 0. The van der Waals surface area contributed by atoms with Gasteiger partial charge in [0.2, 0.25) is 0 Å². The Kier molecular flexibility index (Phi) is 5.83. The van der Waals surface area contributed by atoms with Crippen molar-refractivity contribution < 1.29 is 20.8 Å². The van der Waals surface area contributed by atoms with E-state index >= 15 is 0 Å². The topological polar surface area (TPSA) is 0 Å². The van der Waals surface area contributed by atoms with Gasteiger partial charge in [0.05, 0.1) is 0 Å². The summed E-state index contributed by atoms with van der Waals surface area (Å²) in [7, 11) is 9.87. The van der Waals surface area contributed by atoms with Crippen molar-refractivity contribution in [1.82, 2.24) is 0 Å². The summed E-state index contributed by atoms with van der Waals surface area (Å²) in [6.45, 7) is 2.23. The molecule has 1 aliphatic rings. The summed E-state index contributed by atoms with van der Waals surface area (Å²) >= 11 is -0.826. The number of hydrogen-bond acceptors (Lipinski definition) is 0. The Morgan fingerprint density at radius 1 is 0.778 bits per heavy atom. The summed E-state index contributed by atoms with van der Waals surface area (Å²) in [6, 6.07) is 26.5. The van der Waals surface area contributed by atoms with E-state index < -0.39 is 20.8 Å². The molecule has 0 nitrogen and oxygen atoms in total. The zero-order valence-corrected chi connectivity index (χ0v) is 18.9. The first-order chi connectivity index (χ1) is 13.2. The molecular weight excluding hydrogens is 450 g/mol. The summed E-state index contributed by atoms with van der Waals surface area (Å²) in [4.78, 5) is 0. The molecule has 0 atom stereocenters. The molecule has 0 radical (unpaired) electrons. The molecule has 0 unspecified atom stereocenters. The van der Waals surface area contributed by atoms with Crippen LogP contribution >= 0.6 is 17.0 Å². The molecule has 0 saturated carbocycles. The number of fused-ring (bicyclic) bond motifs is 3. The molecule has 0 aliphatic heterocycles. The molecule has 0 spiro atoms. The monoisotopic (exact) mass is 466 g/mol. The van der Waals surface area contributed by atoms with Gasteiger partial charge in [0.15, 0.2) is 0 Å². The zero-order chi connectivity index (χ0) is 18.8. The van der Waals surface area contributed by atoms with Gasteiger partial charge < -0.3 is 0 Å². The molecule has 5 rings (SSSR count). The predicted molar refractivity (Wildman–Crippen MR) is 116 cm³/mol.